The highest BCUT2D eigenvalue weighted by Crippen LogP contribution is 2.18. The van der Waals surface area contributed by atoms with Crippen molar-refractivity contribution in [1.29, 1.82) is 0 Å². The van der Waals surface area contributed by atoms with Crippen molar-refractivity contribution in [1.82, 2.24) is 10.5 Å². The number of hydrogen-bond donors (Lipinski definition) is 2. The van der Waals surface area contributed by atoms with Gasteiger partial charge in [0, 0.05) is 6.07 Å². The van der Waals surface area contributed by atoms with Gasteiger partial charge in [-0.05, 0) is 31.5 Å². The van der Waals surface area contributed by atoms with Gasteiger partial charge in [0.2, 0.25) is 0 Å². The molecule has 5 nitrogen and oxygen atoms in total. The number of hydrogen-bond acceptors (Lipinski definition) is 4. The zero-order chi connectivity index (χ0) is 13.1. The molecule has 0 spiro atoms. The van der Waals surface area contributed by atoms with E-state index in [0.717, 1.165) is 11.3 Å². The van der Waals surface area contributed by atoms with Crippen LogP contribution in [-0.2, 0) is 6.54 Å². The fourth-order valence-electron chi connectivity index (χ4n) is 1.60. The Balaban J connectivity index is 2.03. The Kier molecular flexibility index (Phi) is 3.32. The van der Waals surface area contributed by atoms with Crippen LogP contribution in [0.4, 0.5) is 0 Å². The van der Waals surface area contributed by atoms with Crippen molar-refractivity contribution in [3.8, 4) is 5.75 Å². The molecule has 1 heterocycles. The molecule has 1 aromatic carbocycles. The average molecular weight is 246 g/mol. The third kappa shape index (κ3) is 2.68. The molecule has 2 rings (SSSR count). The van der Waals surface area contributed by atoms with Crippen LogP contribution in [0.25, 0.3) is 0 Å². The van der Waals surface area contributed by atoms with Gasteiger partial charge < -0.3 is 14.9 Å². The fourth-order valence-corrected chi connectivity index (χ4v) is 1.60. The van der Waals surface area contributed by atoms with Crippen LogP contribution in [0.3, 0.4) is 0 Å². The van der Waals surface area contributed by atoms with E-state index in [0.29, 0.717) is 5.76 Å². The summed E-state index contributed by atoms with van der Waals surface area (Å²) in [4.78, 5) is 11.8. The largest absolute Gasteiger partial charge is 0.507 e. The Bertz CT molecular complexity index is 575. The van der Waals surface area contributed by atoms with E-state index in [4.69, 9.17) is 4.52 Å². The van der Waals surface area contributed by atoms with E-state index >= 15 is 0 Å². The molecule has 0 unspecified atom stereocenters. The molecule has 0 aliphatic rings. The maximum atomic E-state index is 11.8. The van der Waals surface area contributed by atoms with Crippen LogP contribution in [-0.4, -0.2) is 16.2 Å². The Hall–Kier alpha value is -2.30. The fraction of sp³-hybridized carbons (Fsp3) is 0.231. The number of phenolic OH excluding ortho intramolecular Hbond substituents is 1. The van der Waals surface area contributed by atoms with Crippen molar-refractivity contribution in [3.63, 3.8) is 0 Å². The molecule has 0 aliphatic heterocycles. The quantitative estimate of drug-likeness (QED) is 0.867. The molecule has 94 valence electrons. The molecule has 5 heteroatoms. The number of aryl methyl sites for hydroxylation is 2. The lowest BCUT2D eigenvalue weighted by Gasteiger charge is -2.05. The number of carbonyl (C=O) groups is 1. The summed E-state index contributed by atoms with van der Waals surface area (Å²) in [6.07, 6.45) is 0. The SMILES string of the molecule is Cc1ccc(C(=O)NCc2cc(C)no2)c(O)c1. The molecule has 0 bridgehead atoms. The van der Waals surface area contributed by atoms with Gasteiger partial charge in [0.25, 0.3) is 5.91 Å². The van der Waals surface area contributed by atoms with E-state index in [9.17, 15) is 9.90 Å². The van der Waals surface area contributed by atoms with Crippen LogP contribution in [0.5, 0.6) is 5.75 Å². The molecular formula is C13H14N2O3. The minimum atomic E-state index is -0.346. The maximum absolute atomic E-state index is 11.8. The molecule has 18 heavy (non-hydrogen) atoms. The monoisotopic (exact) mass is 246 g/mol. The standard InChI is InChI=1S/C13H14N2O3/c1-8-3-4-11(12(16)5-8)13(17)14-7-10-6-9(2)15-18-10/h3-6,16H,7H2,1-2H3,(H,14,17). The Morgan fingerprint density at radius 1 is 1.39 bits per heavy atom. The lowest BCUT2D eigenvalue weighted by Crippen LogP contribution is -2.22. The molecular weight excluding hydrogens is 232 g/mol. The highest BCUT2D eigenvalue weighted by atomic mass is 16.5. The number of rotatable bonds is 3. The summed E-state index contributed by atoms with van der Waals surface area (Å²) in [7, 11) is 0. The number of benzene rings is 1. The van der Waals surface area contributed by atoms with Crippen molar-refractivity contribution in [2.75, 3.05) is 0 Å². The van der Waals surface area contributed by atoms with Gasteiger partial charge in [0.15, 0.2) is 5.76 Å². The molecule has 0 atom stereocenters. The summed E-state index contributed by atoms with van der Waals surface area (Å²) in [5.41, 5.74) is 1.91. The molecule has 2 N–H and O–H groups in total. The second kappa shape index (κ2) is 4.91. The van der Waals surface area contributed by atoms with E-state index in [1.54, 1.807) is 31.2 Å². The van der Waals surface area contributed by atoms with Crippen LogP contribution >= 0.6 is 0 Å². The van der Waals surface area contributed by atoms with E-state index in [1.165, 1.54) is 0 Å². The van der Waals surface area contributed by atoms with Crippen molar-refractivity contribution in [2.45, 2.75) is 20.4 Å². The third-order valence-electron chi connectivity index (χ3n) is 2.50. The zero-order valence-corrected chi connectivity index (χ0v) is 10.2. The van der Waals surface area contributed by atoms with Crippen molar-refractivity contribution in [3.05, 3.63) is 46.8 Å². The van der Waals surface area contributed by atoms with Crippen LogP contribution in [0, 0.1) is 13.8 Å². The second-order valence-corrected chi connectivity index (χ2v) is 4.14. The topological polar surface area (TPSA) is 75.4 Å². The van der Waals surface area contributed by atoms with Crippen molar-refractivity contribution in [2.24, 2.45) is 0 Å². The predicted octanol–water partition coefficient (Wildman–Crippen LogP) is 1.93. The summed E-state index contributed by atoms with van der Waals surface area (Å²) in [5, 5.41) is 16.0. The lowest BCUT2D eigenvalue weighted by atomic mass is 10.1. The van der Waals surface area contributed by atoms with E-state index in [-0.39, 0.29) is 23.8 Å². The summed E-state index contributed by atoms with van der Waals surface area (Å²) in [5.74, 6) is 0.204. The Morgan fingerprint density at radius 2 is 2.17 bits per heavy atom. The summed E-state index contributed by atoms with van der Waals surface area (Å²) in [6.45, 7) is 3.90. The summed E-state index contributed by atoms with van der Waals surface area (Å²) >= 11 is 0. The molecule has 0 saturated heterocycles. The van der Waals surface area contributed by atoms with E-state index in [1.807, 2.05) is 6.92 Å². The maximum Gasteiger partial charge on any atom is 0.255 e. The molecule has 0 fully saturated rings. The van der Waals surface area contributed by atoms with Gasteiger partial charge in [0.05, 0.1) is 17.8 Å². The zero-order valence-electron chi connectivity index (χ0n) is 10.2. The first-order valence-corrected chi connectivity index (χ1v) is 5.56. The smallest absolute Gasteiger partial charge is 0.255 e. The Morgan fingerprint density at radius 3 is 2.78 bits per heavy atom. The van der Waals surface area contributed by atoms with Gasteiger partial charge >= 0.3 is 0 Å². The van der Waals surface area contributed by atoms with Gasteiger partial charge in [-0.3, -0.25) is 4.79 Å². The third-order valence-corrected chi connectivity index (χ3v) is 2.50. The van der Waals surface area contributed by atoms with Gasteiger partial charge in [-0.2, -0.15) is 0 Å². The normalized spacial score (nSPS) is 10.3. The minimum Gasteiger partial charge on any atom is -0.507 e. The summed E-state index contributed by atoms with van der Waals surface area (Å²) in [6, 6.07) is 6.65. The van der Waals surface area contributed by atoms with Crippen LogP contribution in [0.1, 0.15) is 27.4 Å². The number of carbonyl (C=O) groups excluding carboxylic acids is 1. The van der Waals surface area contributed by atoms with Gasteiger partial charge in [-0.15, -0.1) is 0 Å². The number of nitrogens with zero attached hydrogens (tertiary/aromatic N) is 1. The van der Waals surface area contributed by atoms with Crippen molar-refractivity contribution >= 4 is 5.91 Å². The number of aromatic hydroxyl groups is 1. The highest BCUT2D eigenvalue weighted by molar-refractivity contribution is 5.96. The van der Waals surface area contributed by atoms with Gasteiger partial charge in [0.1, 0.15) is 5.75 Å². The van der Waals surface area contributed by atoms with Gasteiger partial charge in [-0.1, -0.05) is 11.2 Å². The number of amides is 1. The first-order valence-electron chi connectivity index (χ1n) is 5.56. The summed E-state index contributed by atoms with van der Waals surface area (Å²) < 4.78 is 4.97. The van der Waals surface area contributed by atoms with Crippen LogP contribution in [0.2, 0.25) is 0 Å². The number of nitrogens with one attached hydrogen (secondary N) is 1. The molecule has 0 radical (unpaired) electrons. The van der Waals surface area contributed by atoms with E-state index in [2.05, 4.69) is 10.5 Å². The first-order chi connectivity index (χ1) is 8.56. The molecule has 1 amide bonds. The first kappa shape index (κ1) is 12.2. The van der Waals surface area contributed by atoms with Gasteiger partial charge in [-0.25, -0.2) is 0 Å². The molecule has 0 saturated carbocycles. The Labute approximate surface area is 104 Å². The van der Waals surface area contributed by atoms with Crippen LogP contribution < -0.4 is 5.32 Å². The molecule has 0 aliphatic carbocycles. The average Bonchev–Trinajstić information content (AvgIpc) is 2.72. The molecule has 1 aromatic heterocycles. The lowest BCUT2D eigenvalue weighted by molar-refractivity contribution is 0.0944. The minimum absolute atomic E-state index is 0.0266. The molecule has 2 aromatic rings. The number of aromatic nitrogens is 1. The predicted molar refractivity (Wildman–Crippen MR) is 65.3 cm³/mol. The highest BCUT2D eigenvalue weighted by Gasteiger charge is 2.11. The van der Waals surface area contributed by atoms with E-state index < -0.39 is 0 Å². The number of phenols is 1. The van der Waals surface area contributed by atoms with Crippen LogP contribution in [0.15, 0.2) is 28.8 Å². The van der Waals surface area contributed by atoms with Crippen molar-refractivity contribution < 1.29 is 14.4 Å². The second-order valence-electron chi connectivity index (χ2n) is 4.14.